The normalized spacial score (nSPS) is 16.0. The Hall–Kier alpha value is -5.12. The van der Waals surface area contributed by atoms with Crippen LogP contribution in [0.15, 0.2) is 36.7 Å². The lowest BCUT2D eigenvalue weighted by Gasteiger charge is -2.33. The van der Waals surface area contributed by atoms with Crippen LogP contribution in [0.4, 0.5) is 30.6 Å². The number of aliphatic hydroxyl groups is 2. The number of carbonyl (C=O) groups excluding carboxylic acids is 2. The lowest BCUT2D eigenvalue weighted by atomic mass is 9.91. The Kier molecular flexibility index (Phi) is 15.5. The summed E-state index contributed by atoms with van der Waals surface area (Å²) in [5.41, 5.74) is 1.38. The second-order valence-electron chi connectivity index (χ2n) is 13.9. The van der Waals surface area contributed by atoms with E-state index in [1.165, 1.54) is 12.4 Å². The van der Waals surface area contributed by atoms with Gasteiger partial charge in [0.25, 0.3) is 0 Å². The van der Waals surface area contributed by atoms with E-state index in [4.69, 9.17) is 0 Å². The van der Waals surface area contributed by atoms with Gasteiger partial charge in [0.15, 0.2) is 0 Å². The summed E-state index contributed by atoms with van der Waals surface area (Å²) in [4.78, 5) is 44.8. The number of aromatic nitrogens is 4. The Morgan fingerprint density at radius 1 is 1.00 bits per heavy atom. The Labute approximate surface area is 324 Å². The fourth-order valence-electron chi connectivity index (χ4n) is 7.00. The van der Waals surface area contributed by atoms with Crippen LogP contribution >= 0.6 is 0 Å². The number of hydrogen-bond acceptors (Lipinski definition) is 13. The highest BCUT2D eigenvalue weighted by Crippen LogP contribution is 2.34. The molecule has 56 heavy (non-hydrogen) atoms. The lowest BCUT2D eigenvalue weighted by molar-refractivity contribution is -0.144. The summed E-state index contributed by atoms with van der Waals surface area (Å²) in [6, 6.07) is 9.89. The van der Waals surface area contributed by atoms with Gasteiger partial charge in [0.05, 0.1) is 36.6 Å². The number of carbonyl (C=O) groups is 2. The van der Waals surface area contributed by atoms with Crippen molar-refractivity contribution in [3.05, 3.63) is 53.6 Å². The molecule has 0 aliphatic carbocycles. The molecule has 6 N–H and O–H groups in total. The van der Waals surface area contributed by atoms with Crippen molar-refractivity contribution in [2.24, 2.45) is 5.92 Å². The van der Waals surface area contributed by atoms with E-state index in [0.717, 1.165) is 38.6 Å². The fourth-order valence-corrected chi connectivity index (χ4v) is 7.00. The highest BCUT2D eigenvalue weighted by atomic mass is 19.4. The fraction of sp³-hybridized carbons (Fsp3) is 0.553. The molecule has 2 saturated heterocycles. The van der Waals surface area contributed by atoms with Crippen LogP contribution in [-0.4, -0.2) is 114 Å². The highest BCUT2D eigenvalue weighted by molar-refractivity contribution is 5.82. The minimum Gasteiger partial charge on any atom is -0.395 e. The summed E-state index contributed by atoms with van der Waals surface area (Å²) in [6.07, 6.45) is 1.89. The van der Waals surface area contributed by atoms with Crippen molar-refractivity contribution in [2.75, 3.05) is 80.7 Å². The third-order valence-electron chi connectivity index (χ3n) is 9.98. The number of hydrogen-bond donors (Lipinski definition) is 6. The first-order valence-electron chi connectivity index (χ1n) is 19.1. The number of anilines is 3. The molecule has 18 heteroatoms. The number of nitrogens with zero attached hydrogens (tertiary/aromatic N) is 7. The molecule has 5 rings (SSSR count). The van der Waals surface area contributed by atoms with Gasteiger partial charge < -0.3 is 41.3 Å². The van der Waals surface area contributed by atoms with Gasteiger partial charge in [-0.05, 0) is 75.1 Å². The number of nitriles is 1. The van der Waals surface area contributed by atoms with Crippen LogP contribution in [0.25, 0.3) is 11.3 Å². The van der Waals surface area contributed by atoms with Crippen molar-refractivity contribution in [1.82, 2.24) is 35.9 Å². The number of alkyl halides is 3. The Balaban J connectivity index is 1.11. The number of rotatable bonds is 19. The topological polar surface area (TPSA) is 205 Å². The van der Waals surface area contributed by atoms with Gasteiger partial charge in [-0.3, -0.25) is 9.59 Å². The Bertz CT molecular complexity index is 1790. The molecule has 2 aliphatic heterocycles. The number of aliphatic hydroxyl groups excluding tert-OH is 2. The zero-order valence-electron chi connectivity index (χ0n) is 31.3. The largest absolute Gasteiger partial charge is 0.451 e. The maximum atomic E-state index is 14.1. The summed E-state index contributed by atoms with van der Waals surface area (Å²) in [5, 5.41) is 40.2. The van der Waals surface area contributed by atoms with Crippen molar-refractivity contribution < 1.29 is 33.0 Å². The average Bonchev–Trinajstić information content (AvgIpc) is 3.75. The molecule has 2 amide bonds. The molecular formula is C38H50F3N11O4. The average molecular weight is 782 g/mol. The summed E-state index contributed by atoms with van der Waals surface area (Å²) in [7, 11) is 0. The SMILES string of the molecule is N#Cc1ccc(CCNC(=O)[C@@H]2CCCN2)c(-c2cc(N3CCC(CCCC(=O)NCCNc4cc(N(CCO)CCO)ncn4)CC3)nc(C(F)(F)F)n2)c1. The molecule has 2 fully saturated rings. The van der Waals surface area contributed by atoms with Crippen LogP contribution in [0, 0.1) is 17.2 Å². The van der Waals surface area contributed by atoms with Crippen LogP contribution in [-0.2, 0) is 22.2 Å². The molecule has 0 bridgehead atoms. The minimum atomic E-state index is -4.79. The van der Waals surface area contributed by atoms with E-state index in [1.807, 2.05) is 4.90 Å². The van der Waals surface area contributed by atoms with Crippen molar-refractivity contribution in [3.63, 3.8) is 0 Å². The van der Waals surface area contributed by atoms with Gasteiger partial charge in [0, 0.05) is 69.9 Å². The van der Waals surface area contributed by atoms with Gasteiger partial charge in [-0.25, -0.2) is 19.9 Å². The third kappa shape index (κ3) is 12.2. The van der Waals surface area contributed by atoms with Crippen LogP contribution in [0.5, 0.6) is 0 Å². The quantitative estimate of drug-likeness (QED) is 0.0970. The van der Waals surface area contributed by atoms with Gasteiger partial charge in [-0.1, -0.05) is 6.07 Å². The molecule has 1 atom stereocenters. The predicted molar refractivity (Wildman–Crippen MR) is 204 cm³/mol. The first kappa shape index (κ1) is 42.0. The summed E-state index contributed by atoms with van der Waals surface area (Å²) < 4.78 is 42.4. The van der Waals surface area contributed by atoms with Crippen LogP contribution in [0.3, 0.4) is 0 Å². The standard InChI is InChI=1S/C38H50F3N11O4/c39-38(40,41)37-49-31(29-21-27(24-42)6-7-28(29)8-12-46-36(56)30-4-2-11-43-30)22-34(50-37)51-15-9-26(10-16-51)3-1-5-35(55)45-14-13-44-32-23-33(48-25-47-32)52(17-19-53)18-20-54/h6-7,21-23,25-26,30,43,53-54H,1-5,8-20H2,(H,45,55)(H,46,56)(H,44,47,48)/t30-/m0/s1. The highest BCUT2D eigenvalue weighted by Gasteiger charge is 2.36. The molecule has 0 radical (unpaired) electrons. The molecule has 0 spiro atoms. The Morgan fingerprint density at radius 2 is 1.79 bits per heavy atom. The first-order valence-corrected chi connectivity index (χ1v) is 19.1. The van der Waals surface area contributed by atoms with E-state index in [-0.39, 0.29) is 54.7 Å². The molecule has 302 valence electrons. The first-order chi connectivity index (χ1) is 27.1. The number of piperidine rings is 1. The molecule has 15 nitrogen and oxygen atoms in total. The predicted octanol–water partition coefficient (Wildman–Crippen LogP) is 2.64. The maximum absolute atomic E-state index is 14.1. The lowest BCUT2D eigenvalue weighted by Crippen LogP contribution is -2.41. The molecule has 0 unspecified atom stereocenters. The molecule has 1 aromatic carbocycles. The van der Waals surface area contributed by atoms with E-state index in [0.29, 0.717) is 87.2 Å². The van der Waals surface area contributed by atoms with Gasteiger partial charge in [-0.2, -0.15) is 18.4 Å². The number of halogens is 3. The second kappa shape index (κ2) is 20.7. The molecule has 2 aliphatic rings. The molecular weight excluding hydrogens is 731 g/mol. The van der Waals surface area contributed by atoms with Crippen LogP contribution < -0.4 is 31.1 Å². The van der Waals surface area contributed by atoms with Gasteiger partial charge in [0.1, 0.15) is 23.8 Å². The monoisotopic (exact) mass is 781 g/mol. The van der Waals surface area contributed by atoms with E-state index in [9.17, 15) is 38.2 Å². The maximum Gasteiger partial charge on any atom is 0.451 e. The Morgan fingerprint density at radius 3 is 2.48 bits per heavy atom. The van der Waals surface area contributed by atoms with Crippen molar-refractivity contribution in [3.8, 4) is 17.3 Å². The van der Waals surface area contributed by atoms with Crippen LogP contribution in [0.2, 0.25) is 0 Å². The molecule has 3 aromatic rings. The molecule has 0 saturated carbocycles. The zero-order chi connectivity index (χ0) is 39.9. The minimum absolute atomic E-state index is 0.0612. The number of benzene rings is 1. The van der Waals surface area contributed by atoms with Gasteiger partial charge in [0.2, 0.25) is 17.6 Å². The van der Waals surface area contributed by atoms with Gasteiger partial charge >= 0.3 is 6.18 Å². The van der Waals surface area contributed by atoms with E-state index in [2.05, 4.69) is 47.3 Å². The smallest absolute Gasteiger partial charge is 0.395 e. The van der Waals surface area contributed by atoms with E-state index in [1.54, 1.807) is 29.2 Å². The van der Waals surface area contributed by atoms with E-state index < -0.39 is 12.0 Å². The number of amides is 2. The van der Waals surface area contributed by atoms with Gasteiger partial charge in [-0.15, -0.1) is 0 Å². The van der Waals surface area contributed by atoms with Crippen molar-refractivity contribution in [2.45, 2.75) is 63.6 Å². The summed E-state index contributed by atoms with van der Waals surface area (Å²) in [6.45, 7) is 3.33. The summed E-state index contributed by atoms with van der Waals surface area (Å²) >= 11 is 0. The summed E-state index contributed by atoms with van der Waals surface area (Å²) in [5.74, 6) is 0.135. The van der Waals surface area contributed by atoms with Crippen LogP contribution in [0.1, 0.15) is 61.9 Å². The molecule has 4 heterocycles. The third-order valence-corrected chi connectivity index (χ3v) is 9.98. The van der Waals surface area contributed by atoms with E-state index >= 15 is 0 Å². The second-order valence-corrected chi connectivity index (χ2v) is 13.9. The molecule has 2 aromatic heterocycles. The zero-order valence-corrected chi connectivity index (χ0v) is 31.3. The number of nitrogens with one attached hydrogen (secondary N) is 4. The van der Waals surface area contributed by atoms with Crippen molar-refractivity contribution in [1.29, 1.82) is 5.26 Å². The van der Waals surface area contributed by atoms with Crippen molar-refractivity contribution >= 4 is 29.3 Å².